The van der Waals surface area contributed by atoms with Gasteiger partial charge in [-0.25, -0.2) is 13.2 Å². The molecule has 0 fully saturated rings. The van der Waals surface area contributed by atoms with Gasteiger partial charge in [-0.15, -0.1) is 0 Å². The molecule has 2 aromatic rings. The van der Waals surface area contributed by atoms with Gasteiger partial charge < -0.3 is 10.1 Å². The van der Waals surface area contributed by atoms with Gasteiger partial charge in [0.05, 0.1) is 12.8 Å². The zero-order valence-electron chi connectivity index (χ0n) is 10.2. The summed E-state index contributed by atoms with van der Waals surface area (Å²) in [6.45, 7) is 0.233. The lowest BCUT2D eigenvalue weighted by Gasteiger charge is -2.09. The van der Waals surface area contributed by atoms with Crippen molar-refractivity contribution in [1.82, 2.24) is 0 Å². The molecule has 19 heavy (non-hydrogen) atoms. The average molecular weight is 267 g/mol. The molecule has 0 heterocycles. The molecule has 2 rings (SSSR count). The van der Waals surface area contributed by atoms with Crippen molar-refractivity contribution in [3.63, 3.8) is 0 Å². The van der Waals surface area contributed by atoms with Crippen LogP contribution in [0.15, 0.2) is 36.4 Å². The van der Waals surface area contributed by atoms with Gasteiger partial charge in [0.1, 0.15) is 11.6 Å². The van der Waals surface area contributed by atoms with Crippen LogP contribution >= 0.6 is 0 Å². The SMILES string of the molecule is COc1cccc(CNc2cc(F)cc(F)c2F)c1. The maximum atomic E-state index is 13.4. The van der Waals surface area contributed by atoms with Gasteiger partial charge in [0.2, 0.25) is 0 Å². The van der Waals surface area contributed by atoms with E-state index in [-0.39, 0.29) is 12.2 Å². The van der Waals surface area contributed by atoms with E-state index in [4.69, 9.17) is 4.74 Å². The highest BCUT2D eigenvalue weighted by molar-refractivity contribution is 5.46. The molecule has 0 saturated carbocycles. The zero-order valence-corrected chi connectivity index (χ0v) is 10.2. The van der Waals surface area contributed by atoms with E-state index in [1.165, 1.54) is 7.11 Å². The fraction of sp³-hybridized carbons (Fsp3) is 0.143. The monoisotopic (exact) mass is 267 g/mol. The molecule has 0 aliphatic heterocycles. The number of halogens is 3. The van der Waals surface area contributed by atoms with Gasteiger partial charge in [0, 0.05) is 18.7 Å². The molecule has 0 atom stereocenters. The van der Waals surface area contributed by atoms with Crippen LogP contribution in [-0.2, 0) is 6.54 Å². The van der Waals surface area contributed by atoms with Crippen molar-refractivity contribution in [2.75, 3.05) is 12.4 Å². The second-order valence-corrected chi connectivity index (χ2v) is 3.95. The van der Waals surface area contributed by atoms with E-state index in [1.807, 2.05) is 0 Å². The minimum atomic E-state index is -1.21. The number of anilines is 1. The number of rotatable bonds is 4. The first-order valence-corrected chi connectivity index (χ1v) is 5.61. The molecule has 1 N–H and O–H groups in total. The third-order valence-electron chi connectivity index (χ3n) is 2.61. The van der Waals surface area contributed by atoms with Crippen molar-refractivity contribution in [2.45, 2.75) is 6.54 Å². The lowest BCUT2D eigenvalue weighted by atomic mass is 10.2. The van der Waals surface area contributed by atoms with Crippen LogP contribution in [-0.4, -0.2) is 7.11 Å². The fourth-order valence-corrected chi connectivity index (χ4v) is 1.66. The number of hydrogen-bond acceptors (Lipinski definition) is 2. The van der Waals surface area contributed by atoms with Crippen LogP contribution in [0.25, 0.3) is 0 Å². The molecule has 0 bridgehead atoms. The first kappa shape index (κ1) is 13.3. The largest absolute Gasteiger partial charge is 0.497 e. The molecule has 0 saturated heterocycles. The molecule has 0 spiro atoms. The van der Waals surface area contributed by atoms with Crippen LogP contribution in [0.4, 0.5) is 18.9 Å². The standard InChI is InChI=1S/C14H12F3NO/c1-19-11-4-2-3-9(5-11)8-18-13-7-10(15)6-12(16)14(13)17/h2-7,18H,8H2,1H3. The van der Waals surface area contributed by atoms with E-state index in [9.17, 15) is 13.2 Å². The number of methoxy groups -OCH3 is 1. The van der Waals surface area contributed by atoms with Crippen LogP contribution in [0.1, 0.15) is 5.56 Å². The summed E-state index contributed by atoms with van der Waals surface area (Å²) in [5, 5.41) is 2.65. The first-order valence-electron chi connectivity index (χ1n) is 5.61. The topological polar surface area (TPSA) is 21.3 Å². The highest BCUT2D eigenvalue weighted by Gasteiger charge is 2.10. The van der Waals surface area contributed by atoms with Gasteiger partial charge in [0.15, 0.2) is 11.6 Å². The van der Waals surface area contributed by atoms with Crippen LogP contribution in [0.2, 0.25) is 0 Å². The molecule has 0 amide bonds. The van der Waals surface area contributed by atoms with E-state index < -0.39 is 17.5 Å². The van der Waals surface area contributed by atoms with Crippen LogP contribution in [0, 0.1) is 17.5 Å². The normalized spacial score (nSPS) is 10.3. The van der Waals surface area contributed by atoms with E-state index in [1.54, 1.807) is 24.3 Å². The maximum Gasteiger partial charge on any atom is 0.182 e. The smallest absolute Gasteiger partial charge is 0.182 e. The van der Waals surface area contributed by atoms with Crippen molar-refractivity contribution in [1.29, 1.82) is 0 Å². The zero-order chi connectivity index (χ0) is 13.8. The second kappa shape index (κ2) is 5.65. The quantitative estimate of drug-likeness (QED) is 0.852. The maximum absolute atomic E-state index is 13.4. The van der Waals surface area contributed by atoms with Crippen LogP contribution in [0.3, 0.4) is 0 Å². The minimum absolute atomic E-state index is 0.208. The Hall–Kier alpha value is -2.17. The van der Waals surface area contributed by atoms with Crippen molar-refractivity contribution >= 4 is 5.69 Å². The molecule has 100 valence electrons. The number of benzene rings is 2. The summed E-state index contributed by atoms with van der Waals surface area (Å²) in [5.74, 6) is -2.48. The molecular weight excluding hydrogens is 255 g/mol. The Morgan fingerprint density at radius 3 is 2.63 bits per heavy atom. The first-order chi connectivity index (χ1) is 9.10. The van der Waals surface area contributed by atoms with Gasteiger partial charge in [-0.2, -0.15) is 0 Å². The summed E-state index contributed by atoms with van der Waals surface area (Å²) in [4.78, 5) is 0. The van der Waals surface area contributed by atoms with E-state index in [0.29, 0.717) is 11.8 Å². The highest BCUT2D eigenvalue weighted by atomic mass is 19.2. The molecule has 0 aliphatic rings. The second-order valence-electron chi connectivity index (χ2n) is 3.95. The molecule has 0 radical (unpaired) electrons. The Bertz CT molecular complexity index is 587. The third-order valence-corrected chi connectivity index (χ3v) is 2.61. The van der Waals surface area contributed by atoms with Gasteiger partial charge in [0.25, 0.3) is 0 Å². The number of nitrogens with one attached hydrogen (secondary N) is 1. The summed E-state index contributed by atoms with van der Waals surface area (Å²) in [5.41, 5.74) is 0.601. The van der Waals surface area contributed by atoms with Crippen LogP contribution < -0.4 is 10.1 Å². The Morgan fingerprint density at radius 1 is 1.11 bits per heavy atom. The van der Waals surface area contributed by atoms with Crippen molar-refractivity contribution in [3.8, 4) is 5.75 Å². The van der Waals surface area contributed by atoms with Crippen molar-refractivity contribution in [3.05, 3.63) is 59.4 Å². The van der Waals surface area contributed by atoms with Gasteiger partial charge in [-0.05, 0) is 17.7 Å². The van der Waals surface area contributed by atoms with Crippen molar-refractivity contribution in [2.24, 2.45) is 0 Å². The number of ether oxygens (including phenoxy) is 1. The van der Waals surface area contributed by atoms with E-state index >= 15 is 0 Å². The fourth-order valence-electron chi connectivity index (χ4n) is 1.66. The average Bonchev–Trinajstić information content (AvgIpc) is 2.41. The van der Waals surface area contributed by atoms with Gasteiger partial charge in [-0.3, -0.25) is 0 Å². The molecule has 5 heteroatoms. The predicted molar refractivity (Wildman–Crippen MR) is 66.6 cm³/mol. The summed E-state index contributed by atoms with van der Waals surface area (Å²) in [7, 11) is 1.54. The molecule has 2 aromatic carbocycles. The lowest BCUT2D eigenvalue weighted by molar-refractivity contribution is 0.414. The molecular formula is C14H12F3NO. The summed E-state index contributed by atoms with van der Waals surface area (Å²) >= 11 is 0. The Labute approximate surface area is 108 Å². The van der Waals surface area contributed by atoms with Crippen LogP contribution in [0.5, 0.6) is 5.75 Å². The Morgan fingerprint density at radius 2 is 1.89 bits per heavy atom. The third kappa shape index (κ3) is 3.19. The molecule has 0 aromatic heterocycles. The lowest BCUT2D eigenvalue weighted by Crippen LogP contribution is -2.03. The summed E-state index contributed by atoms with van der Waals surface area (Å²) < 4.78 is 44.4. The molecule has 0 aliphatic carbocycles. The summed E-state index contributed by atoms with van der Waals surface area (Å²) in [6.07, 6.45) is 0. The molecule has 2 nitrogen and oxygen atoms in total. The Balaban J connectivity index is 2.14. The summed E-state index contributed by atoms with van der Waals surface area (Å²) in [6, 6.07) is 8.51. The van der Waals surface area contributed by atoms with E-state index in [0.717, 1.165) is 11.6 Å². The van der Waals surface area contributed by atoms with Crippen molar-refractivity contribution < 1.29 is 17.9 Å². The molecule has 0 unspecified atom stereocenters. The van der Waals surface area contributed by atoms with Gasteiger partial charge in [-0.1, -0.05) is 12.1 Å². The minimum Gasteiger partial charge on any atom is -0.497 e. The Kier molecular flexibility index (Phi) is 3.94. The van der Waals surface area contributed by atoms with Gasteiger partial charge >= 0.3 is 0 Å². The number of hydrogen-bond donors (Lipinski definition) is 1. The predicted octanol–water partition coefficient (Wildman–Crippen LogP) is 3.72. The van der Waals surface area contributed by atoms with E-state index in [2.05, 4.69) is 5.32 Å². The highest BCUT2D eigenvalue weighted by Crippen LogP contribution is 2.20.